The summed E-state index contributed by atoms with van der Waals surface area (Å²) in [5.41, 5.74) is 4.64. The Kier molecular flexibility index (Phi) is 2.97. The number of anilines is 2. The van der Waals surface area contributed by atoms with E-state index in [1.165, 1.54) is 17.7 Å². The molecule has 0 saturated carbocycles. The Morgan fingerprint density at radius 3 is 2.86 bits per heavy atom. The van der Waals surface area contributed by atoms with Gasteiger partial charge in [-0.2, -0.15) is 0 Å². The van der Waals surface area contributed by atoms with E-state index in [4.69, 9.17) is 0 Å². The smallest absolute Gasteiger partial charge is 0.166 e. The Bertz CT molecular complexity index is 996. The summed E-state index contributed by atoms with van der Waals surface area (Å²) in [6.07, 6.45) is 1.48. The van der Waals surface area contributed by atoms with Crippen LogP contribution in [0.4, 0.5) is 15.9 Å². The first-order valence-corrected chi connectivity index (χ1v) is 7.60. The molecule has 6 heteroatoms. The highest BCUT2D eigenvalue weighted by Crippen LogP contribution is 2.30. The highest BCUT2D eigenvalue weighted by Gasteiger charge is 2.11. The summed E-state index contributed by atoms with van der Waals surface area (Å²) in [4.78, 5) is 12.6. The fourth-order valence-corrected chi connectivity index (χ4v) is 3.11. The van der Waals surface area contributed by atoms with E-state index in [1.54, 1.807) is 17.6 Å². The first-order chi connectivity index (χ1) is 10.7. The topological polar surface area (TPSA) is 50.7 Å². The van der Waals surface area contributed by atoms with E-state index in [-0.39, 0.29) is 5.82 Å². The minimum atomic E-state index is -0.307. The number of nitrogens with one attached hydrogen (secondary N) is 1. The van der Waals surface area contributed by atoms with Gasteiger partial charge < -0.3 is 5.32 Å². The Morgan fingerprint density at radius 2 is 1.95 bits per heavy atom. The van der Waals surface area contributed by atoms with Crippen molar-refractivity contribution in [2.75, 3.05) is 5.32 Å². The third-order valence-corrected chi connectivity index (χ3v) is 4.32. The van der Waals surface area contributed by atoms with Gasteiger partial charge in [-0.25, -0.2) is 19.3 Å². The molecule has 0 bridgehead atoms. The van der Waals surface area contributed by atoms with Gasteiger partial charge >= 0.3 is 0 Å². The van der Waals surface area contributed by atoms with E-state index < -0.39 is 0 Å². The molecule has 4 rings (SSSR count). The third-order valence-electron chi connectivity index (χ3n) is 3.48. The maximum absolute atomic E-state index is 14.5. The second-order valence-electron chi connectivity index (χ2n) is 5.00. The van der Waals surface area contributed by atoms with Gasteiger partial charge in [0.05, 0.1) is 26.9 Å². The van der Waals surface area contributed by atoms with Crippen LogP contribution in [0.2, 0.25) is 0 Å². The number of rotatable bonds is 2. The summed E-state index contributed by atoms with van der Waals surface area (Å²) in [5, 5.41) is 3.93. The molecule has 2 aromatic carbocycles. The highest BCUT2D eigenvalue weighted by atomic mass is 32.1. The zero-order chi connectivity index (χ0) is 15.1. The van der Waals surface area contributed by atoms with Crippen molar-refractivity contribution in [1.29, 1.82) is 0 Å². The number of aromatic nitrogens is 3. The first kappa shape index (κ1) is 13.1. The minimum Gasteiger partial charge on any atom is -0.337 e. The molecule has 0 aliphatic heterocycles. The van der Waals surface area contributed by atoms with Gasteiger partial charge in [0.2, 0.25) is 0 Å². The molecule has 2 aromatic heterocycles. The molecular weight excluding hydrogens is 299 g/mol. The Hall–Kier alpha value is -2.60. The molecule has 0 aliphatic carbocycles. The van der Waals surface area contributed by atoms with Gasteiger partial charge in [-0.1, -0.05) is 6.07 Å². The van der Waals surface area contributed by atoms with E-state index in [2.05, 4.69) is 20.3 Å². The van der Waals surface area contributed by atoms with Gasteiger partial charge in [0, 0.05) is 5.39 Å². The number of thiazole rings is 1. The van der Waals surface area contributed by atoms with Gasteiger partial charge in [-0.3, -0.25) is 0 Å². The molecule has 0 aliphatic rings. The molecule has 0 amide bonds. The Morgan fingerprint density at radius 1 is 1.05 bits per heavy atom. The fourth-order valence-electron chi connectivity index (χ4n) is 2.39. The number of hydrogen-bond donors (Lipinski definition) is 1. The zero-order valence-electron chi connectivity index (χ0n) is 11.7. The lowest BCUT2D eigenvalue weighted by molar-refractivity contribution is 0.645. The molecule has 0 unspecified atom stereocenters. The number of fused-ring (bicyclic) bond motifs is 2. The molecule has 4 nitrogen and oxygen atoms in total. The lowest BCUT2D eigenvalue weighted by Crippen LogP contribution is -1.98. The molecule has 0 radical (unpaired) electrons. The number of benzene rings is 2. The predicted octanol–water partition coefficient (Wildman–Crippen LogP) is 4.43. The molecule has 2 heterocycles. The van der Waals surface area contributed by atoms with Crippen molar-refractivity contribution in [3.8, 4) is 0 Å². The van der Waals surface area contributed by atoms with Crippen LogP contribution in [0.1, 0.15) is 5.56 Å². The van der Waals surface area contributed by atoms with E-state index in [1.807, 2.05) is 25.1 Å². The van der Waals surface area contributed by atoms with Gasteiger partial charge in [-0.05, 0) is 36.8 Å². The third kappa shape index (κ3) is 2.08. The predicted molar refractivity (Wildman–Crippen MR) is 87.1 cm³/mol. The molecular formula is C16H11FN4S. The second-order valence-corrected chi connectivity index (χ2v) is 5.85. The quantitative estimate of drug-likeness (QED) is 0.595. The van der Waals surface area contributed by atoms with Gasteiger partial charge in [0.1, 0.15) is 12.1 Å². The monoisotopic (exact) mass is 310 g/mol. The molecule has 0 saturated heterocycles. The molecule has 1 N–H and O–H groups in total. The summed E-state index contributed by atoms with van der Waals surface area (Å²) < 4.78 is 15.1. The normalized spacial score (nSPS) is 11.2. The van der Waals surface area contributed by atoms with Crippen LogP contribution < -0.4 is 5.32 Å². The van der Waals surface area contributed by atoms with Gasteiger partial charge in [0.15, 0.2) is 5.82 Å². The lowest BCUT2D eigenvalue weighted by Gasteiger charge is -2.09. The number of halogens is 1. The zero-order valence-corrected chi connectivity index (χ0v) is 12.5. The van der Waals surface area contributed by atoms with E-state index in [0.717, 1.165) is 16.5 Å². The highest BCUT2D eigenvalue weighted by molar-refractivity contribution is 7.16. The van der Waals surface area contributed by atoms with Crippen LogP contribution in [0.25, 0.3) is 21.1 Å². The minimum absolute atomic E-state index is 0.307. The summed E-state index contributed by atoms with van der Waals surface area (Å²) >= 11 is 1.29. The SMILES string of the molecule is Cc1ccc2c(Nc3ccc4ncsc4c3F)ncnc2c1. The van der Waals surface area contributed by atoms with Crippen LogP contribution in [-0.2, 0) is 0 Å². The molecule has 0 spiro atoms. The maximum Gasteiger partial charge on any atom is 0.166 e. The van der Waals surface area contributed by atoms with Crippen molar-refractivity contribution in [3.63, 3.8) is 0 Å². The van der Waals surface area contributed by atoms with Gasteiger partial charge in [0.25, 0.3) is 0 Å². The fraction of sp³-hybridized carbons (Fsp3) is 0.0625. The standard InChI is InChI=1S/C16H11FN4S/c1-9-2-3-10-13(6-9)18-7-19-16(10)21-11-4-5-12-15(14(11)17)22-8-20-12/h2-8H,1H3,(H,18,19,21). The van der Waals surface area contributed by atoms with Crippen LogP contribution >= 0.6 is 11.3 Å². The van der Waals surface area contributed by atoms with Crippen molar-refractivity contribution < 1.29 is 4.39 Å². The average molecular weight is 310 g/mol. The summed E-state index contributed by atoms with van der Waals surface area (Å²) in [5.74, 6) is 0.284. The van der Waals surface area contributed by atoms with Crippen LogP contribution in [0.5, 0.6) is 0 Å². The summed E-state index contributed by atoms with van der Waals surface area (Å²) in [7, 11) is 0. The summed E-state index contributed by atoms with van der Waals surface area (Å²) in [6, 6.07) is 9.38. The number of nitrogens with zero attached hydrogens (tertiary/aromatic N) is 3. The van der Waals surface area contributed by atoms with Crippen LogP contribution in [-0.4, -0.2) is 15.0 Å². The second kappa shape index (κ2) is 4.99. The number of hydrogen-bond acceptors (Lipinski definition) is 5. The van der Waals surface area contributed by atoms with E-state index in [9.17, 15) is 4.39 Å². The van der Waals surface area contributed by atoms with Crippen LogP contribution in [0.3, 0.4) is 0 Å². The molecule has 22 heavy (non-hydrogen) atoms. The van der Waals surface area contributed by atoms with Crippen molar-refractivity contribution in [2.24, 2.45) is 0 Å². The first-order valence-electron chi connectivity index (χ1n) is 6.72. The molecule has 4 aromatic rings. The van der Waals surface area contributed by atoms with Crippen molar-refractivity contribution in [2.45, 2.75) is 6.92 Å². The Labute approximate surface area is 129 Å². The molecule has 0 fully saturated rings. The Balaban J connectivity index is 1.84. The van der Waals surface area contributed by atoms with Crippen LogP contribution in [0.15, 0.2) is 42.2 Å². The maximum atomic E-state index is 14.5. The van der Waals surface area contributed by atoms with Gasteiger partial charge in [-0.15, -0.1) is 11.3 Å². The molecule has 0 atom stereocenters. The van der Waals surface area contributed by atoms with E-state index >= 15 is 0 Å². The van der Waals surface area contributed by atoms with Crippen molar-refractivity contribution >= 4 is 44.0 Å². The van der Waals surface area contributed by atoms with E-state index in [0.29, 0.717) is 21.7 Å². The average Bonchev–Trinajstić information content (AvgIpc) is 2.99. The lowest BCUT2D eigenvalue weighted by atomic mass is 10.1. The van der Waals surface area contributed by atoms with Crippen molar-refractivity contribution in [3.05, 3.63) is 53.6 Å². The van der Waals surface area contributed by atoms with Crippen molar-refractivity contribution in [1.82, 2.24) is 15.0 Å². The largest absolute Gasteiger partial charge is 0.337 e. The number of aryl methyl sites for hydroxylation is 1. The summed E-state index contributed by atoms with van der Waals surface area (Å²) in [6.45, 7) is 2.01. The molecule has 108 valence electrons. The van der Waals surface area contributed by atoms with Crippen LogP contribution in [0, 0.1) is 12.7 Å².